The number of carbonyl (C=O) groups is 2. The molecule has 0 aromatic rings. The van der Waals surface area contributed by atoms with Crippen LogP contribution in [0.5, 0.6) is 0 Å². The molecular weight excluding hydrogens is 360 g/mol. The summed E-state index contributed by atoms with van der Waals surface area (Å²) >= 11 is 0. The molecule has 0 aliphatic carbocycles. The smallest absolute Gasteiger partial charge is 0.302 e. The van der Waals surface area contributed by atoms with Crippen molar-refractivity contribution >= 4 is 11.9 Å². The molecule has 2 fully saturated rings. The van der Waals surface area contributed by atoms with E-state index in [9.17, 15) is 14.7 Å². The molecule has 2 aliphatic rings. The maximum atomic E-state index is 11.4. The van der Waals surface area contributed by atoms with Crippen molar-refractivity contribution in [2.24, 2.45) is 5.92 Å². The van der Waals surface area contributed by atoms with Gasteiger partial charge in [-0.1, -0.05) is 25.0 Å². The van der Waals surface area contributed by atoms with E-state index in [0.717, 1.165) is 32.1 Å². The minimum Gasteiger partial charge on any atom is -0.550 e. The fourth-order valence-electron chi connectivity index (χ4n) is 4.34. The maximum absolute atomic E-state index is 11.4. The summed E-state index contributed by atoms with van der Waals surface area (Å²) in [7, 11) is 0. The average Bonchev–Trinajstić information content (AvgIpc) is 2.95. The van der Waals surface area contributed by atoms with Crippen LogP contribution in [-0.2, 0) is 23.8 Å². The Hall–Kier alpha value is -1.40. The summed E-state index contributed by atoms with van der Waals surface area (Å²) in [6, 6.07) is 0. The molecule has 2 saturated heterocycles. The summed E-state index contributed by atoms with van der Waals surface area (Å²) in [5.74, 6) is -1.09. The second-order valence-corrected chi connectivity index (χ2v) is 9.01. The number of rotatable bonds is 10. The zero-order valence-electron chi connectivity index (χ0n) is 17.9. The van der Waals surface area contributed by atoms with Gasteiger partial charge < -0.3 is 24.1 Å². The van der Waals surface area contributed by atoms with Gasteiger partial charge in [0.25, 0.3) is 0 Å². The molecule has 2 rings (SSSR count). The predicted molar refractivity (Wildman–Crippen MR) is 103 cm³/mol. The minimum absolute atomic E-state index is 0.0779. The van der Waals surface area contributed by atoms with E-state index in [1.54, 1.807) is 0 Å². The minimum atomic E-state index is -1.09. The number of ether oxygens (including phenoxy) is 3. The van der Waals surface area contributed by atoms with E-state index in [-0.39, 0.29) is 30.5 Å². The van der Waals surface area contributed by atoms with Gasteiger partial charge in [-0.2, -0.15) is 0 Å². The molecule has 5 atom stereocenters. The third-order valence-corrected chi connectivity index (χ3v) is 6.11. The molecule has 2 bridgehead atoms. The average molecular weight is 396 g/mol. The molecule has 0 N–H and O–H groups in total. The molecule has 160 valence electrons. The Morgan fingerprint density at radius 1 is 1.32 bits per heavy atom. The van der Waals surface area contributed by atoms with Gasteiger partial charge in [0.05, 0.1) is 23.9 Å². The van der Waals surface area contributed by atoms with Gasteiger partial charge in [0.2, 0.25) is 0 Å². The van der Waals surface area contributed by atoms with Crippen LogP contribution in [0.15, 0.2) is 11.6 Å². The van der Waals surface area contributed by atoms with Crippen molar-refractivity contribution in [3.05, 3.63) is 11.6 Å². The largest absolute Gasteiger partial charge is 0.550 e. The highest BCUT2D eigenvalue weighted by Crippen LogP contribution is 2.46. The lowest BCUT2D eigenvalue weighted by Crippen LogP contribution is -2.54. The number of carboxylic acid groups (broad SMARTS) is 1. The summed E-state index contributed by atoms with van der Waals surface area (Å²) in [6.45, 7) is 10.0. The van der Waals surface area contributed by atoms with Crippen molar-refractivity contribution in [1.29, 1.82) is 0 Å². The topological polar surface area (TPSA) is 84.9 Å². The van der Waals surface area contributed by atoms with Crippen LogP contribution in [0.3, 0.4) is 0 Å². The van der Waals surface area contributed by atoms with E-state index in [2.05, 4.69) is 19.9 Å². The molecule has 5 unspecified atom stereocenters. The normalized spacial score (nSPS) is 31.1. The first-order chi connectivity index (χ1) is 13.1. The van der Waals surface area contributed by atoms with Gasteiger partial charge in [-0.25, -0.2) is 0 Å². The lowest BCUT2D eigenvalue weighted by atomic mass is 9.87. The molecular formula is C22H35O6-. The lowest BCUT2D eigenvalue weighted by molar-refractivity contribution is -0.315. The Labute approximate surface area is 168 Å². The van der Waals surface area contributed by atoms with Crippen LogP contribution < -0.4 is 5.11 Å². The van der Waals surface area contributed by atoms with Gasteiger partial charge in [0.15, 0.2) is 0 Å². The number of carboxylic acids is 1. The van der Waals surface area contributed by atoms with Crippen LogP contribution in [-0.4, -0.2) is 42.0 Å². The van der Waals surface area contributed by atoms with Crippen molar-refractivity contribution in [3.8, 4) is 0 Å². The van der Waals surface area contributed by atoms with E-state index in [1.165, 1.54) is 12.5 Å². The Balaban J connectivity index is 1.87. The van der Waals surface area contributed by atoms with Crippen LogP contribution in [0.2, 0.25) is 0 Å². The Morgan fingerprint density at radius 3 is 2.64 bits per heavy atom. The standard InChI is InChI=1S/C22H36O6/c1-15(2)8-9-18(27-17(4)23)16(3)7-6-11-21(5)19-10-12-22(28-19,14-26-21)13-20(24)25/h8,16,18-19H,6-7,9-14H2,1-5H3,(H,24,25)/p-1. The molecule has 0 aromatic heterocycles. The molecule has 0 radical (unpaired) electrons. The second-order valence-electron chi connectivity index (χ2n) is 9.01. The van der Waals surface area contributed by atoms with Gasteiger partial charge in [0, 0.05) is 25.7 Å². The summed E-state index contributed by atoms with van der Waals surface area (Å²) < 4.78 is 17.8. The van der Waals surface area contributed by atoms with Crippen molar-refractivity contribution < 1.29 is 28.9 Å². The molecule has 6 nitrogen and oxygen atoms in total. The number of fused-ring (bicyclic) bond motifs is 2. The summed E-state index contributed by atoms with van der Waals surface area (Å²) in [5, 5.41) is 11.0. The van der Waals surface area contributed by atoms with Crippen molar-refractivity contribution in [2.45, 2.75) is 103 Å². The van der Waals surface area contributed by atoms with Crippen molar-refractivity contribution in [2.75, 3.05) is 6.61 Å². The SMILES string of the molecule is CC(=O)OC(CC=C(C)C)C(C)CCCC1(C)OCC2(CC(=O)[O-])CCC1O2. The van der Waals surface area contributed by atoms with Gasteiger partial charge in [-0.05, 0) is 52.4 Å². The number of hydrogen-bond acceptors (Lipinski definition) is 6. The van der Waals surface area contributed by atoms with Gasteiger partial charge >= 0.3 is 5.97 Å². The zero-order valence-corrected chi connectivity index (χ0v) is 17.9. The molecule has 0 amide bonds. The van der Waals surface area contributed by atoms with E-state index in [1.807, 2.05) is 13.8 Å². The third kappa shape index (κ3) is 6.05. The molecule has 6 heteroatoms. The summed E-state index contributed by atoms with van der Waals surface area (Å²) in [4.78, 5) is 22.5. The molecule has 2 heterocycles. The number of aliphatic carboxylic acids is 1. The Kier molecular flexibility index (Phi) is 7.68. The van der Waals surface area contributed by atoms with E-state index in [4.69, 9.17) is 14.2 Å². The van der Waals surface area contributed by atoms with Gasteiger partial charge in [-0.15, -0.1) is 0 Å². The van der Waals surface area contributed by atoms with Crippen LogP contribution in [0.4, 0.5) is 0 Å². The molecule has 0 spiro atoms. The van der Waals surface area contributed by atoms with Gasteiger partial charge in [-0.3, -0.25) is 4.79 Å². The quantitative estimate of drug-likeness (QED) is 0.418. The number of esters is 1. The van der Waals surface area contributed by atoms with E-state index in [0.29, 0.717) is 13.0 Å². The zero-order chi connectivity index (χ0) is 20.9. The van der Waals surface area contributed by atoms with Crippen molar-refractivity contribution in [3.63, 3.8) is 0 Å². The first-order valence-corrected chi connectivity index (χ1v) is 10.4. The molecule has 0 saturated carbocycles. The highest BCUT2D eigenvalue weighted by atomic mass is 16.6. The summed E-state index contributed by atoms with van der Waals surface area (Å²) in [5.41, 5.74) is 0.106. The van der Waals surface area contributed by atoms with E-state index < -0.39 is 17.2 Å². The number of allylic oxidation sites excluding steroid dienone is 1. The fraction of sp³-hybridized carbons (Fsp3) is 0.818. The lowest BCUT2D eigenvalue weighted by Gasteiger charge is -2.44. The maximum Gasteiger partial charge on any atom is 0.302 e. The van der Waals surface area contributed by atoms with Crippen molar-refractivity contribution in [1.82, 2.24) is 0 Å². The number of carbonyl (C=O) groups excluding carboxylic acids is 2. The monoisotopic (exact) mass is 395 g/mol. The first-order valence-electron chi connectivity index (χ1n) is 10.4. The first kappa shape index (κ1) is 22.9. The van der Waals surface area contributed by atoms with E-state index >= 15 is 0 Å². The molecule has 2 aliphatic heterocycles. The fourth-order valence-corrected chi connectivity index (χ4v) is 4.34. The van der Waals surface area contributed by atoms with Crippen LogP contribution >= 0.6 is 0 Å². The molecule has 0 aromatic carbocycles. The highest BCUT2D eigenvalue weighted by molar-refractivity contribution is 5.66. The van der Waals surface area contributed by atoms with Crippen LogP contribution in [0.1, 0.15) is 79.6 Å². The van der Waals surface area contributed by atoms with Crippen LogP contribution in [0, 0.1) is 5.92 Å². The Bertz CT molecular complexity index is 596. The predicted octanol–water partition coefficient (Wildman–Crippen LogP) is 2.93. The highest BCUT2D eigenvalue weighted by Gasteiger charge is 2.53. The third-order valence-electron chi connectivity index (χ3n) is 6.11. The summed E-state index contributed by atoms with van der Waals surface area (Å²) in [6.07, 6.45) is 6.74. The van der Waals surface area contributed by atoms with Gasteiger partial charge in [0.1, 0.15) is 6.10 Å². The molecule has 28 heavy (non-hydrogen) atoms. The second kappa shape index (κ2) is 9.40. The van der Waals surface area contributed by atoms with Crippen LogP contribution in [0.25, 0.3) is 0 Å². The Morgan fingerprint density at radius 2 is 2.04 bits per heavy atom. The number of hydrogen-bond donors (Lipinski definition) is 0.